The minimum absolute atomic E-state index is 0.0758. The van der Waals surface area contributed by atoms with Crippen LogP contribution in [0.15, 0.2) is 0 Å². The minimum Gasteiger partial charge on any atom is -0.394 e. The molecule has 14 nitrogen and oxygen atoms in total. The van der Waals surface area contributed by atoms with Crippen LogP contribution in [0.3, 0.4) is 0 Å². The molecule has 15 heteroatoms. The zero-order chi connectivity index (χ0) is 29.2. The molecule has 0 aromatic carbocycles. The van der Waals surface area contributed by atoms with Crippen LogP contribution in [0.2, 0.25) is 0 Å². The predicted molar refractivity (Wildman–Crippen MR) is 135 cm³/mol. The van der Waals surface area contributed by atoms with E-state index < -0.39 is 108 Å². The highest BCUT2D eigenvalue weighted by molar-refractivity contribution is 7.91. The molecule has 0 aromatic rings. The lowest BCUT2D eigenvalue weighted by molar-refractivity contribution is -0.339. The summed E-state index contributed by atoms with van der Waals surface area (Å²) in [5, 5.41) is 72.7. The Morgan fingerprint density at radius 1 is 0.821 bits per heavy atom. The Morgan fingerprint density at radius 2 is 1.41 bits per heavy atom. The summed E-state index contributed by atoms with van der Waals surface area (Å²) in [4.78, 5) is 0. The molecule has 0 spiro atoms. The quantitative estimate of drug-likeness (QED) is 0.124. The first-order valence-electron chi connectivity index (χ1n) is 13.5. The van der Waals surface area contributed by atoms with Crippen LogP contribution in [0, 0.1) is 11.8 Å². The van der Waals surface area contributed by atoms with Crippen molar-refractivity contribution in [2.75, 3.05) is 18.1 Å². The maximum Gasteiger partial charge on any atom is 0.186 e. The SMILES string of the molecule is CCCS(=O)(=O)C[C@@H]1C[C@H](C)C(O[C@H]2O[C@H](CC)[C@@H](O)[C@H](O)[C@H]2O)[C@H](O)[C@H]1O[C@H]1O[C@H](CO)[C@@H](O)[C@H](N)[C@H]1O. The Morgan fingerprint density at radius 3 is 2.00 bits per heavy atom. The van der Waals surface area contributed by atoms with Crippen LogP contribution in [-0.2, 0) is 28.8 Å². The van der Waals surface area contributed by atoms with E-state index >= 15 is 0 Å². The fraction of sp³-hybridized carbons (Fsp3) is 1.00. The number of hydrogen-bond donors (Lipinski definition) is 8. The maximum absolute atomic E-state index is 12.7. The molecule has 230 valence electrons. The monoisotopic (exact) mass is 587 g/mol. The number of aliphatic hydroxyl groups is 7. The van der Waals surface area contributed by atoms with Crippen LogP contribution >= 0.6 is 0 Å². The van der Waals surface area contributed by atoms with Gasteiger partial charge < -0.3 is 60.4 Å². The number of sulfone groups is 1. The molecule has 0 aromatic heterocycles. The summed E-state index contributed by atoms with van der Waals surface area (Å²) in [5.74, 6) is -1.63. The minimum atomic E-state index is -3.54. The maximum atomic E-state index is 12.7. The van der Waals surface area contributed by atoms with Crippen molar-refractivity contribution in [2.24, 2.45) is 17.6 Å². The molecule has 2 aliphatic heterocycles. The number of nitrogens with two attached hydrogens (primary N) is 1. The third-order valence-electron chi connectivity index (χ3n) is 7.95. The molecule has 2 heterocycles. The van der Waals surface area contributed by atoms with E-state index in [1.54, 1.807) is 20.8 Å². The molecule has 0 amide bonds. The Hall–Kier alpha value is -0.530. The lowest BCUT2D eigenvalue weighted by atomic mass is 9.77. The molecule has 1 aliphatic carbocycles. The van der Waals surface area contributed by atoms with E-state index in [1.165, 1.54) is 0 Å². The number of rotatable bonds is 10. The summed E-state index contributed by atoms with van der Waals surface area (Å²) in [6, 6.07) is -1.25. The van der Waals surface area contributed by atoms with Gasteiger partial charge >= 0.3 is 0 Å². The highest BCUT2D eigenvalue weighted by Crippen LogP contribution is 2.38. The lowest BCUT2D eigenvalue weighted by Gasteiger charge is -2.49. The van der Waals surface area contributed by atoms with Gasteiger partial charge in [0.15, 0.2) is 22.4 Å². The summed E-state index contributed by atoms with van der Waals surface area (Å²) in [6.07, 6.45) is -15.4. The Bertz CT molecular complexity index is 876. The molecule has 1 saturated carbocycles. The molecule has 39 heavy (non-hydrogen) atoms. The van der Waals surface area contributed by atoms with Crippen LogP contribution in [0.1, 0.15) is 40.0 Å². The zero-order valence-corrected chi connectivity index (χ0v) is 23.3. The molecule has 1 unspecified atom stereocenters. The molecular weight excluding hydrogens is 542 g/mol. The molecule has 2 saturated heterocycles. The van der Waals surface area contributed by atoms with Crippen molar-refractivity contribution < 1.29 is 63.1 Å². The summed E-state index contributed by atoms with van der Waals surface area (Å²) < 4.78 is 48.6. The normalized spacial score (nSPS) is 47.7. The summed E-state index contributed by atoms with van der Waals surface area (Å²) in [6.45, 7) is 4.54. The first-order valence-corrected chi connectivity index (χ1v) is 15.3. The fourth-order valence-electron chi connectivity index (χ4n) is 5.74. The van der Waals surface area contributed by atoms with Crippen LogP contribution in [0.4, 0.5) is 0 Å². The summed E-state index contributed by atoms with van der Waals surface area (Å²) in [5.41, 5.74) is 5.89. The second kappa shape index (κ2) is 13.6. The van der Waals surface area contributed by atoms with E-state index in [2.05, 4.69) is 0 Å². The molecule has 9 N–H and O–H groups in total. The molecule has 15 atom stereocenters. The third kappa shape index (κ3) is 7.28. The van der Waals surface area contributed by atoms with Gasteiger partial charge in [-0.3, -0.25) is 0 Å². The topological polar surface area (TPSA) is 239 Å². The van der Waals surface area contributed by atoms with Crippen LogP contribution in [0.25, 0.3) is 0 Å². The molecule has 3 aliphatic rings. The summed E-state index contributed by atoms with van der Waals surface area (Å²) >= 11 is 0. The van der Waals surface area contributed by atoms with Gasteiger partial charge in [-0.25, -0.2) is 8.42 Å². The van der Waals surface area contributed by atoms with Gasteiger partial charge in [-0.05, 0) is 25.2 Å². The van der Waals surface area contributed by atoms with Gasteiger partial charge in [0.1, 0.15) is 42.7 Å². The third-order valence-corrected chi connectivity index (χ3v) is 9.91. The van der Waals surface area contributed by atoms with Crippen LogP contribution in [0.5, 0.6) is 0 Å². The van der Waals surface area contributed by atoms with Crippen LogP contribution in [-0.4, -0.2) is 142 Å². The number of hydrogen-bond acceptors (Lipinski definition) is 14. The molecular formula is C24H45NO13S. The van der Waals surface area contributed by atoms with E-state index in [0.29, 0.717) is 12.8 Å². The van der Waals surface area contributed by atoms with Gasteiger partial charge in [-0.2, -0.15) is 0 Å². The average Bonchev–Trinajstić information content (AvgIpc) is 2.88. The van der Waals surface area contributed by atoms with E-state index in [1.807, 2.05) is 0 Å². The first kappa shape index (κ1) is 33.0. The van der Waals surface area contributed by atoms with Gasteiger partial charge in [0.2, 0.25) is 0 Å². The van der Waals surface area contributed by atoms with Gasteiger partial charge in [-0.1, -0.05) is 20.8 Å². The van der Waals surface area contributed by atoms with Gasteiger partial charge in [0, 0.05) is 11.7 Å². The lowest BCUT2D eigenvalue weighted by Crippen LogP contribution is -2.65. The van der Waals surface area contributed by atoms with Crippen molar-refractivity contribution in [3.63, 3.8) is 0 Å². The first-order chi connectivity index (χ1) is 18.3. The standard InChI is InChI=1S/C24H45NO13S/c1-4-6-39(33,34)9-11-7-10(3)21(37-24-19(31)18(30)16(28)12(5-2)35-24)20(32)22(11)38-23-17(29)14(25)15(27)13(8-26)36-23/h10-24,26-32H,4-9,25H2,1-3H3/t10-,11-,12+,13+,14-,15+,16+,17+,18-,19+,20-,21?,22-,23+,24+/m0/s1. The highest BCUT2D eigenvalue weighted by atomic mass is 32.2. The number of ether oxygens (including phenoxy) is 4. The van der Waals surface area contributed by atoms with Crippen molar-refractivity contribution >= 4 is 9.84 Å². The average molecular weight is 588 g/mol. The smallest absolute Gasteiger partial charge is 0.186 e. The van der Waals surface area contributed by atoms with E-state index in [0.717, 1.165) is 0 Å². The summed E-state index contributed by atoms with van der Waals surface area (Å²) in [7, 11) is -3.54. The van der Waals surface area contributed by atoms with Crippen molar-refractivity contribution in [2.45, 2.75) is 120 Å². The van der Waals surface area contributed by atoms with Crippen molar-refractivity contribution in [3.8, 4) is 0 Å². The van der Waals surface area contributed by atoms with Crippen molar-refractivity contribution in [1.82, 2.24) is 0 Å². The Labute approximate surface area is 228 Å². The molecule has 3 rings (SSSR count). The van der Waals surface area contributed by atoms with Gasteiger partial charge in [-0.15, -0.1) is 0 Å². The number of aliphatic hydroxyl groups excluding tert-OH is 7. The van der Waals surface area contributed by atoms with E-state index in [-0.39, 0.29) is 17.9 Å². The van der Waals surface area contributed by atoms with E-state index in [4.69, 9.17) is 24.7 Å². The molecule has 0 bridgehead atoms. The van der Waals surface area contributed by atoms with Gasteiger partial charge in [0.05, 0.1) is 36.7 Å². The van der Waals surface area contributed by atoms with Crippen molar-refractivity contribution in [1.29, 1.82) is 0 Å². The van der Waals surface area contributed by atoms with Crippen molar-refractivity contribution in [3.05, 3.63) is 0 Å². The zero-order valence-electron chi connectivity index (χ0n) is 22.5. The molecule has 3 fully saturated rings. The Balaban J connectivity index is 1.87. The fourth-order valence-corrected chi connectivity index (χ4v) is 7.51. The van der Waals surface area contributed by atoms with Gasteiger partial charge in [0.25, 0.3) is 0 Å². The van der Waals surface area contributed by atoms with E-state index in [9.17, 15) is 44.2 Å². The largest absolute Gasteiger partial charge is 0.394 e. The second-order valence-electron chi connectivity index (χ2n) is 11.0. The second-order valence-corrected chi connectivity index (χ2v) is 13.2. The van der Waals surface area contributed by atoms with Crippen LogP contribution < -0.4 is 5.73 Å². The highest BCUT2D eigenvalue weighted by Gasteiger charge is 2.52. The molecule has 0 radical (unpaired) electrons. The Kier molecular flexibility index (Phi) is 11.5. The predicted octanol–water partition coefficient (Wildman–Crippen LogP) is -3.42.